The molecule has 2 aromatic rings. The molecule has 0 fully saturated rings. The maximum Gasteiger partial charge on any atom is 0.129 e. The first kappa shape index (κ1) is 14.9. The van der Waals surface area contributed by atoms with E-state index in [-0.39, 0.29) is 0 Å². The molecule has 0 radical (unpaired) electrons. The molecule has 1 aromatic carbocycles. The van der Waals surface area contributed by atoms with Gasteiger partial charge in [-0.3, -0.25) is 0 Å². The molecule has 1 N–H and O–H groups in total. The van der Waals surface area contributed by atoms with Crippen LogP contribution in [0.5, 0.6) is 0 Å². The van der Waals surface area contributed by atoms with Crippen molar-refractivity contribution < 1.29 is 0 Å². The molecule has 3 heteroatoms. The zero-order valence-corrected chi connectivity index (χ0v) is 13.0. The summed E-state index contributed by atoms with van der Waals surface area (Å²) in [6.07, 6.45) is 2.17. The predicted octanol–water partition coefficient (Wildman–Crippen LogP) is 4.79. The Morgan fingerprint density at radius 1 is 1.20 bits per heavy atom. The van der Waals surface area contributed by atoms with E-state index in [2.05, 4.69) is 48.4 Å². The number of benzene rings is 1. The van der Waals surface area contributed by atoms with E-state index in [4.69, 9.17) is 11.6 Å². The van der Waals surface area contributed by atoms with E-state index < -0.39 is 0 Å². The van der Waals surface area contributed by atoms with Gasteiger partial charge in [0.1, 0.15) is 5.15 Å². The van der Waals surface area contributed by atoms with Crippen LogP contribution in [0.4, 0.5) is 5.69 Å². The average Bonchev–Trinajstić information content (AvgIpc) is 2.40. The predicted molar refractivity (Wildman–Crippen MR) is 86.6 cm³/mol. The Balaban J connectivity index is 1.90. The van der Waals surface area contributed by atoms with Gasteiger partial charge in [-0.25, -0.2) is 4.98 Å². The fourth-order valence-corrected chi connectivity index (χ4v) is 2.46. The molecule has 1 heterocycles. The van der Waals surface area contributed by atoms with Crippen LogP contribution in [0.3, 0.4) is 0 Å². The van der Waals surface area contributed by atoms with Gasteiger partial charge in [-0.15, -0.1) is 0 Å². The Morgan fingerprint density at radius 2 is 2.00 bits per heavy atom. The van der Waals surface area contributed by atoms with Gasteiger partial charge in [-0.2, -0.15) is 0 Å². The lowest BCUT2D eigenvalue weighted by Gasteiger charge is -2.16. The number of nitrogens with zero attached hydrogens (tertiary/aromatic N) is 1. The summed E-state index contributed by atoms with van der Waals surface area (Å²) in [5.74, 6) is 0. The second-order valence-corrected chi connectivity index (χ2v) is 5.73. The number of nitrogens with one attached hydrogen (secondary N) is 1. The first-order valence-corrected chi connectivity index (χ1v) is 7.37. The lowest BCUT2D eigenvalue weighted by molar-refractivity contribution is 0.704. The molecule has 0 aliphatic rings. The van der Waals surface area contributed by atoms with Crippen molar-refractivity contribution in [2.75, 3.05) is 5.32 Å². The Morgan fingerprint density at radius 3 is 2.70 bits per heavy atom. The maximum atomic E-state index is 5.87. The second kappa shape index (κ2) is 6.76. The van der Waals surface area contributed by atoms with Crippen LogP contribution < -0.4 is 5.32 Å². The van der Waals surface area contributed by atoms with Gasteiger partial charge >= 0.3 is 0 Å². The molecule has 1 atom stereocenters. The third-order valence-corrected chi connectivity index (χ3v) is 3.61. The fourth-order valence-electron chi connectivity index (χ4n) is 2.27. The van der Waals surface area contributed by atoms with Crippen LogP contribution in [-0.4, -0.2) is 11.0 Å². The van der Waals surface area contributed by atoms with Crippen molar-refractivity contribution in [3.63, 3.8) is 0 Å². The molecule has 0 amide bonds. The summed E-state index contributed by atoms with van der Waals surface area (Å²) in [5.41, 5.74) is 4.72. The van der Waals surface area contributed by atoms with Crippen molar-refractivity contribution in [1.82, 2.24) is 4.98 Å². The van der Waals surface area contributed by atoms with Crippen molar-refractivity contribution in [2.24, 2.45) is 0 Å². The number of anilines is 1. The van der Waals surface area contributed by atoms with Gasteiger partial charge in [0.2, 0.25) is 0 Å². The molecule has 0 bridgehead atoms. The number of rotatable bonds is 5. The molecule has 0 saturated heterocycles. The monoisotopic (exact) mass is 288 g/mol. The molecule has 0 aliphatic heterocycles. The van der Waals surface area contributed by atoms with Gasteiger partial charge in [0.05, 0.1) is 11.4 Å². The van der Waals surface area contributed by atoms with E-state index in [0.717, 1.165) is 24.2 Å². The van der Waals surface area contributed by atoms with E-state index in [1.165, 1.54) is 11.1 Å². The molecule has 2 nitrogen and oxygen atoms in total. The smallest absolute Gasteiger partial charge is 0.129 e. The SMILES string of the molecule is Cc1cccc(CCC(C)Nc2ccc(Cl)nc2C)c1. The zero-order valence-electron chi connectivity index (χ0n) is 12.3. The zero-order chi connectivity index (χ0) is 14.5. The second-order valence-electron chi connectivity index (χ2n) is 5.34. The molecule has 0 spiro atoms. The van der Waals surface area contributed by atoms with Crippen LogP contribution in [0.15, 0.2) is 36.4 Å². The first-order valence-electron chi connectivity index (χ1n) is 7.00. The van der Waals surface area contributed by atoms with Crippen molar-refractivity contribution in [2.45, 2.75) is 39.7 Å². The number of pyridine rings is 1. The van der Waals surface area contributed by atoms with E-state index in [0.29, 0.717) is 11.2 Å². The molecule has 0 aliphatic carbocycles. The topological polar surface area (TPSA) is 24.9 Å². The quantitative estimate of drug-likeness (QED) is 0.801. The summed E-state index contributed by atoms with van der Waals surface area (Å²) < 4.78 is 0. The van der Waals surface area contributed by atoms with E-state index >= 15 is 0 Å². The van der Waals surface area contributed by atoms with E-state index in [1.807, 2.05) is 19.1 Å². The number of hydrogen-bond donors (Lipinski definition) is 1. The van der Waals surface area contributed by atoms with Crippen molar-refractivity contribution in [3.8, 4) is 0 Å². The maximum absolute atomic E-state index is 5.87. The van der Waals surface area contributed by atoms with Gasteiger partial charge in [0, 0.05) is 6.04 Å². The largest absolute Gasteiger partial charge is 0.381 e. The van der Waals surface area contributed by atoms with Crippen LogP contribution >= 0.6 is 11.6 Å². The van der Waals surface area contributed by atoms with Crippen LogP contribution in [0.2, 0.25) is 5.15 Å². The van der Waals surface area contributed by atoms with Crippen molar-refractivity contribution >= 4 is 17.3 Å². The number of hydrogen-bond acceptors (Lipinski definition) is 2. The van der Waals surface area contributed by atoms with E-state index in [9.17, 15) is 0 Å². The highest BCUT2D eigenvalue weighted by molar-refractivity contribution is 6.29. The number of aromatic nitrogens is 1. The Bertz CT molecular complexity index is 581. The number of aryl methyl sites for hydroxylation is 3. The minimum atomic E-state index is 0.400. The lowest BCUT2D eigenvalue weighted by Crippen LogP contribution is -2.17. The molecular weight excluding hydrogens is 268 g/mol. The average molecular weight is 289 g/mol. The Labute approximate surface area is 126 Å². The van der Waals surface area contributed by atoms with Crippen molar-refractivity contribution in [3.05, 3.63) is 58.4 Å². The van der Waals surface area contributed by atoms with Gasteiger partial charge in [-0.05, 0) is 51.3 Å². The highest BCUT2D eigenvalue weighted by Gasteiger charge is 2.06. The normalized spacial score (nSPS) is 12.2. The lowest BCUT2D eigenvalue weighted by atomic mass is 10.0. The standard InChI is InChI=1S/C17H21ClN2/c1-12-5-4-6-15(11-12)8-7-13(2)19-16-9-10-17(18)20-14(16)3/h4-6,9-11,13,19H,7-8H2,1-3H3. The molecule has 106 valence electrons. The van der Waals surface area contributed by atoms with Gasteiger partial charge < -0.3 is 5.32 Å². The highest BCUT2D eigenvalue weighted by Crippen LogP contribution is 2.18. The summed E-state index contributed by atoms with van der Waals surface area (Å²) in [4.78, 5) is 4.26. The summed E-state index contributed by atoms with van der Waals surface area (Å²) in [5, 5.41) is 4.04. The molecular formula is C17H21ClN2. The van der Waals surface area contributed by atoms with Gasteiger partial charge in [-0.1, -0.05) is 41.4 Å². The Kier molecular flexibility index (Phi) is 5.02. The van der Waals surface area contributed by atoms with Crippen LogP contribution in [0.25, 0.3) is 0 Å². The minimum absolute atomic E-state index is 0.400. The minimum Gasteiger partial charge on any atom is -0.381 e. The van der Waals surface area contributed by atoms with Gasteiger partial charge in [0.25, 0.3) is 0 Å². The van der Waals surface area contributed by atoms with Gasteiger partial charge in [0.15, 0.2) is 0 Å². The van der Waals surface area contributed by atoms with Crippen molar-refractivity contribution in [1.29, 1.82) is 0 Å². The third-order valence-electron chi connectivity index (χ3n) is 3.40. The fraction of sp³-hybridized carbons (Fsp3) is 0.353. The first-order chi connectivity index (χ1) is 9.54. The highest BCUT2D eigenvalue weighted by atomic mass is 35.5. The molecule has 1 unspecified atom stereocenters. The number of halogens is 1. The van der Waals surface area contributed by atoms with Crippen LogP contribution in [0, 0.1) is 13.8 Å². The summed E-state index contributed by atoms with van der Waals surface area (Å²) in [6, 6.07) is 12.9. The summed E-state index contributed by atoms with van der Waals surface area (Å²) >= 11 is 5.87. The molecule has 20 heavy (non-hydrogen) atoms. The van der Waals surface area contributed by atoms with Crippen LogP contribution in [0.1, 0.15) is 30.2 Å². The molecule has 0 saturated carbocycles. The molecule has 1 aromatic heterocycles. The third kappa shape index (κ3) is 4.24. The molecule has 2 rings (SSSR count). The van der Waals surface area contributed by atoms with Crippen LogP contribution in [-0.2, 0) is 6.42 Å². The Hall–Kier alpha value is -1.54. The summed E-state index contributed by atoms with van der Waals surface area (Å²) in [7, 11) is 0. The summed E-state index contributed by atoms with van der Waals surface area (Å²) in [6.45, 7) is 6.30. The van der Waals surface area contributed by atoms with E-state index in [1.54, 1.807) is 0 Å².